The first-order valence-electron chi connectivity index (χ1n) is 8.74. The first kappa shape index (κ1) is 18.8. The van der Waals surface area contributed by atoms with Crippen molar-refractivity contribution in [3.8, 4) is 0 Å². The fraction of sp³-hybridized carbons (Fsp3) is 0.562. The Hall–Kier alpha value is -2.98. The number of nitrogens with zero attached hydrogens (tertiary/aromatic N) is 2. The van der Waals surface area contributed by atoms with Crippen LogP contribution in [-0.4, -0.2) is 63.2 Å². The highest BCUT2D eigenvalue weighted by Crippen LogP contribution is 2.19. The molecular weight excluding hydrogens is 359 g/mol. The summed E-state index contributed by atoms with van der Waals surface area (Å²) in [5.74, 6) is -1.83. The average molecular weight is 380 g/mol. The predicted octanol–water partition coefficient (Wildman–Crippen LogP) is -1.67. The zero-order valence-corrected chi connectivity index (χ0v) is 14.5. The molecule has 0 spiro atoms. The standard InChI is InChI=1S/C16H21FN6O4/c17-16-19-7-8(20-16)6-10(22-14(26)9-3-4-12(24)21-9)15(27)23-5-1-2-11(23)13(18)25/h7,9-11H,1-6H2,(H2,18,25)(H,19,20)(H,21,24)(H,22,26)/t9-,10-,11-/m0/s1. The minimum absolute atomic E-state index is 0.0376. The highest BCUT2D eigenvalue weighted by molar-refractivity contribution is 5.95. The Bertz CT molecular complexity index is 766. The van der Waals surface area contributed by atoms with Crippen LogP contribution in [0.1, 0.15) is 31.4 Å². The second-order valence-electron chi connectivity index (χ2n) is 6.72. The summed E-state index contributed by atoms with van der Waals surface area (Å²) < 4.78 is 13.1. The smallest absolute Gasteiger partial charge is 0.286 e. The minimum atomic E-state index is -1.05. The van der Waals surface area contributed by atoms with Crippen LogP contribution in [0.3, 0.4) is 0 Å². The van der Waals surface area contributed by atoms with Crippen molar-refractivity contribution < 1.29 is 23.6 Å². The van der Waals surface area contributed by atoms with Crippen molar-refractivity contribution in [3.05, 3.63) is 18.0 Å². The lowest BCUT2D eigenvalue weighted by Gasteiger charge is -2.28. The Kier molecular flexibility index (Phi) is 5.38. The van der Waals surface area contributed by atoms with E-state index in [0.29, 0.717) is 31.5 Å². The number of H-pyrrole nitrogens is 1. The lowest BCUT2D eigenvalue weighted by atomic mass is 10.1. The van der Waals surface area contributed by atoms with Crippen LogP contribution in [0.5, 0.6) is 0 Å². The third kappa shape index (κ3) is 4.23. The number of nitrogens with two attached hydrogens (primary N) is 1. The van der Waals surface area contributed by atoms with Crippen LogP contribution in [0.2, 0.25) is 0 Å². The van der Waals surface area contributed by atoms with Crippen LogP contribution in [0.15, 0.2) is 6.20 Å². The molecule has 11 heteroatoms. The fourth-order valence-corrected chi connectivity index (χ4v) is 3.46. The largest absolute Gasteiger partial charge is 0.368 e. The fourth-order valence-electron chi connectivity index (χ4n) is 3.46. The number of rotatable bonds is 6. The first-order chi connectivity index (χ1) is 12.8. The lowest BCUT2D eigenvalue weighted by molar-refractivity contribution is -0.140. The van der Waals surface area contributed by atoms with Gasteiger partial charge in [0, 0.05) is 25.1 Å². The number of nitrogens with one attached hydrogen (secondary N) is 3. The molecule has 0 radical (unpaired) electrons. The SMILES string of the molecule is NC(=O)[C@@H]1CCCN1C(=O)[C@H](Cc1cnc(F)[nH]1)NC(=O)[C@@H]1CCC(=O)N1. The molecule has 2 saturated heterocycles. The number of aromatic nitrogens is 2. The molecule has 4 amide bonds. The molecule has 1 aromatic rings. The highest BCUT2D eigenvalue weighted by Gasteiger charge is 2.38. The number of imidazole rings is 1. The van der Waals surface area contributed by atoms with E-state index in [-0.39, 0.29) is 18.7 Å². The lowest BCUT2D eigenvalue weighted by Crippen LogP contribution is -2.56. The number of halogens is 1. The van der Waals surface area contributed by atoms with Crippen LogP contribution in [0.4, 0.5) is 4.39 Å². The maximum absolute atomic E-state index is 13.1. The van der Waals surface area contributed by atoms with E-state index in [1.54, 1.807) is 0 Å². The van der Waals surface area contributed by atoms with Gasteiger partial charge in [0.25, 0.3) is 6.08 Å². The zero-order valence-electron chi connectivity index (χ0n) is 14.5. The summed E-state index contributed by atoms with van der Waals surface area (Å²) in [6, 6.07) is -2.51. The summed E-state index contributed by atoms with van der Waals surface area (Å²) in [5, 5.41) is 5.14. The Morgan fingerprint density at radius 1 is 1.41 bits per heavy atom. The van der Waals surface area contributed by atoms with Crippen molar-refractivity contribution in [2.45, 2.75) is 50.2 Å². The van der Waals surface area contributed by atoms with Crippen molar-refractivity contribution in [2.24, 2.45) is 5.73 Å². The Morgan fingerprint density at radius 2 is 2.19 bits per heavy atom. The minimum Gasteiger partial charge on any atom is -0.368 e. The van der Waals surface area contributed by atoms with Crippen molar-refractivity contribution in [2.75, 3.05) is 6.54 Å². The molecule has 0 aromatic carbocycles. The monoisotopic (exact) mass is 380 g/mol. The molecule has 3 atom stereocenters. The molecule has 0 unspecified atom stereocenters. The maximum Gasteiger partial charge on any atom is 0.286 e. The third-order valence-electron chi connectivity index (χ3n) is 4.81. The number of hydrogen-bond acceptors (Lipinski definition) is 5. The Morgan fingerprint density at radius 3 is 2.78 bits per heavy atom. The highest BCUT2D eigenvalue weighted by atomic mass is 19.1. The topological polar surface area (TPSA) is 150 Å². The average Bonchev–Trinajstić information content (AvgIpc) is 3.34. The van der Waals surface area contributed by atoms with E-state index in [9.17, 15) is 23.6 Å². The van der Waals surface area contributed by atoms with Crippen molar-refractivity contribution in [1.29, 1.82) is 0 Å². The number of hydrogen-bond donors (Lipinski definition) is 4. The number of carbonyl (C=O) groups is 4. The maximum atomic E-state index is 13.1. The van der Waals surface area contributed by atoms with Gasteiger partial charge in [0.1, 0.15) is 18.1 Å². The molecule has 10 nitrogen and oxygen atoms in total. The molecular formula is C16H21FN6O4. The van der Waals surface area contributed by atoms with E-state index in [1.807, 2.05) is 0 Å². The van der Waals surface area contributed by atoms with Crippen molar-refractivity contribution in [3.63, 3.8) is 0 Å². The summed E-state index contributed by atoms with van der Waals surface area (Å²) in [6.07, 6.45) is 2.03. The van der Waals surface area contributed by atoms with Crippen LogP contribution in [-0.2, 0) is 25.6 Å². The van der Waals surface area contributed by atoms with Gasteiger partial charge in [0.15, 0.2) is 0 Å². The molecule has 146 valence electrons. The predicted molar refractivity (Wildman–Crippen MR) is 89.3 cm³/mol. The molecule has 0 saturated carbocycles. The molecule has 0 aliphatic carbocycles. The second kappa shape index (κ2) is 7.72. The van der Waals surface area contributed by atoms with E-state index < -0.39 is 41.9 Å². The van der Waals surface area contributed by atoms with E-state index in [4.69, 9.17) is 5.73 Å². The number of likely N-dealkylation sites (tertiary alicyclic amines) is 1. The van der Waals surface area contributed by atoms with Gasteiger partial charge in [-0.3, -0.25) is 19.2 Å². The zero-order chi connectivity index (χ0) is 19.6. The van der Waals surface area contributed by atoms with Crippen molar-refractivity contribution >= 4 is 23.6 Å². The molecule has 3 heterocycles. The van der Waals surface area contributed by atoms with E-state index in [0.717, 1.165) is 0 Å². The van der Waals surface area contributed by atoms with E-state index in [1.165, 1.54) is 11.1 Å². The van der Waals surface area contributed by atoms with E-state index >= 15 is 0 Å². The molecule has 2 aliphatic heterocycles. The van der Waals surface area contributed by atoms with Crippen LogP contribution >= 0.6 is 0 Å². The third-order valence-corrected chi connectivity index (χ3v) is 4.81. The summed E-state index contributed by atoms with van der Waals surface area (Å²) in [7, 11) is 0. The van der Waals surface area contributed by atoms with Gasteiger partial charge in [-0.25, -0.2) is 4.98 Å². The van der Waals surface area contributed by atoms with Gasteiger partial charge in [-0.1, -0.05) is 0 Å². The normalized spacial score (nSPS) is 23.1. The van der Waals surface area contributed by atoms with Gasteiger partial charge >= 0.3 is 0 Å². The number of primary amides is 1. The van der Waals surface area contributed by atoms with Gasteiger partial charge < -0.3 is 26.3 Å². The van der Waals surface area contributed by atoms with Gasteiger partial charge in [-0.2, -0.15) is 4.39 Å². The van der Waals surface area contributed by atoms with Crippen LogP contribution in [0, 0.1) is 6.08 Å². The summed E-state index contributed by atoms with van der Waals surface area (Å²) in [5.41, 5.74) is 5.68. The quantitative estimate of drug-likeness (QED) is 0.465. The molecule has 27 heavy (non-hydrogen) atoms. The number of amides is 4. The molecule has 0 bridgehead atoms. The summed E-state index contributed by atoms with van der Waals surface area (Å²) in [6.45, 7) is 0.344. The Balaban J connectivity index is 1.76. The molecule has 1 aromatic heterocycles. The van der Waals surface area contributed by atoms with Gasteiger partial charge in [0.05, 0.1) is 6.20 Å². The van der Waals surface area contributed by atoms with Crippen LogP contribution < -0.4 is 16.4 Å². The molecule has 3 rings (SSSR count). The van der Waals surface area contributed by atoms with Crippen molar-refractivity contribution in [1.82, 2.24) is 25.5 Å². The molecule has 2 fully saturated rings. The van der Waals surface area contributed by atoms with Gasteiger partial charge in [-0.15, -0.1) is 0 Å². The molecule has 2 aliphatic rings. The number of aromatic amines is 1. The molecule has 5 N–H and O–H groups in total. The number of carbonyl (C=O) groups excluding carboxylic acids is 4. The van der Waals surface area contributed by atoms with Gasteiger partial charge in [-0.05, 0) is 19.3 Å². The van der Waals surface area contributed by atoms with E-state index in [2.05, 4.69) is 20.6 Å². The van der Waals surface area contributed by atoms with Crippen LogP contribution in [0.25, 0.3) is 0 Å². The summed E-state index contributed by atoms with van der Waals surface area (Å²) >= 11 is 0. The summed E-state index contributed by atoms with van der Waals surface area (Å²) in [4.78, 5) is 55.5. The second-order valence-corrected chi connectivity index (χ2v) is 6.72. The first-order valence-corrected chi connectivity index (χ1v) is 8.74. The van der Waals surface area contributed by atoms with Gasteiger partial charge in [0.2, 0.25) is 23.6 Å². The Labute approximate surface area is 154 Å².